The van der Waals surface area contributed by atoms with E-state index in [1.807, 2.05) is 44.2 Å². The fraction of sp³-hybridized carbons (Fsp3) is 0.400. The van der Waals surface area contributed by atoms with E-state index in [2.05, 4.69) is 23.1 Å². The molecule has 1 aromatic carbocycles. The number of benzene rings is 1. The predicted molar refractivity (Wildman–Crippen MR) is 129 cm³/mol. The summed E-state index contributed by atoms with van der Waals surface area (Å²) >= 11 is 0. The lowest BCUT2D eigenvalue weighted by molar-refractivity contribution is 0.0759. The van der Waals surface area contributed by atoms with Crippen molar-refractivity contribution in [3.8, 4) is 11.3 Å². The van der Waals surface area contributed by atoms with Crippen molar-refractivity contribution < 1.29 is 13.2 Å². The first kappa shape index (κ1) is 23.2. The summed E-state index contributed by atoms with van der Waals surface area (Å²) < 4.78 is 26.1. The molecule has 1 amide bonds. The molecule has 0 saturated carbocycles. The number of aryl methyl sites for hydroxylation is 2. The van der Waals surface area contributed by atoms with Crippen molar-refractivity contribution in [1.82, 2.24) is 19.7 Å². The molecule has 0 N–H and O–H groups in total. The Morgan fingerprint density at radius 3 is 2.52 bits per heavy atom. The number of amides is 1. The van der Waals surface area contributed by atoms with Gasteiger partial charge in [0.1, 0.15) is 0 Å². The van der Waals surface area contributed by atoms with Crippen molar-refractivity contribution in [2.45, 2.75) is 39.7 Å². The number of likely N-dealkylation sites (N-methyl/N-ethyl adjacent to an activating group) is 1. The Labute approximate surface area is 195 Å². The van der Waals surface area contributed by atoms with E-state index in [0.29, 0.717) is 25.2 Å². The zero-order valence-electron chi connectivity index (χ0n) is 19.4. The van der Waals surface area contributed by atoms with Crippen LogP contribution in [0.1, 0.15) is 46.6 Å². The molecule has 0 aliphatic carbocycles. The fourth-order valence-electron chi connectivity index (χ4n) is 4.24. The largest absolute Gasteiger partial charge is 0.337 e. The van der Waals surface area contributed by atoms with Crippen LogP contribution in [0.4, 0.5) is 0 Å². The van der Waals surface area contributed by atoms with E-state index in [1.165, 1.54) is 5.56 Å². The van der Waals surface area contributed by atoms with Gasteiger partial charge in [-0.15, -0.1) is 0 Å². The van der Waals surface area contributed by atoms with Gasteiger partial charge in [0.05, 0.1) is 23.2 Å². The summed E-state index contributed by atoms with van der Waals surface area (Å²) in [6, 6.07) is 11.6. The summed E-state index contributed by atoms with van der Waals surface area (Å²) in [6.07, 6.45) is 4.74. The summed E-state index contributed by atoms with van der Waals surface area (Å²) in [6.45, 7) is 7.19. The molecule has 1 aliphatic heterocycles. The minimum Gasteiger partial charge on any atom is -0.337 e. The quantitative estimate of drug-likeness (QED) is 0.531. The van der Waals surface area contributed by atoms with E-state index in [1.54, 1.807) is 22.0 Å². The van der Waals surface area contributed by atoms with Crippen LogP contribution < -0.4 is 0 Å². The van der Waals surface area contributed by atoms with Crippen molar-refractivity contribution >= 4 is 15.7 Å². The summed E-state index contributed by atoms with van der Waals surface area (Å²) in [4.78, 5) is 19.2. The van der Waals surface area contributed by atoms with Crippen LogP contribution in [0.25, 0.3) is 11.3 Å². The van der Waals surface area contributed by atoms with Gasteiger partial charge in [-0.25, -0.2) is 8.42 Å². The van der Waals surface area contributed by atoms with Gasteiger partial charge in [-0.3, -0.25) is 14.5 Å². The van der Waals surface area contributed by atoms with Gasteiger partial charge in [0.2, 0.25) is 0 Å². The average molecular weight is 467 g/mol. The second kappa shape index (κ2) is 9.47. The standard InChI is InChI=1S/C25H30N4O3S/c1-4-28(13-9-20-7-11-26-12-8-20)25(30)23-16-24(21-6-5-18(2)19(3)15-21)29(27-23)22-10-14-33(31,32)17-22/h5-8,11-12,15-16,22H,4,9-10,13-14,17H2,1-3H3/t22-/m0/s1. The highest BCUT2D eigenvalue weighted by Gasteiger charge is 2.32. The number of sulfone groups is 1. The first-order valence-electron chi connectivity index (χ1n) is 11.3. The lowest BCUT2D eigenvalue weighted by atomic mass is 10.0. The van der Waals surface area contributed by atoms with Crippen molar-refractivity contribution in [2.75, 3.05) is 24.6 Å². The molecule has 2 aromatic heterocycles. The first-order valence-corrected chi connectivity index (χ1v) is 13.2. The molecule has 0 spiro atoms. The van der Waals surface area contributed by atoms with E-state index < -0.39 is 9.84 Å². The Kier molecular flexibility index (Phi) is 6.65. The lowest BCUT2D eigenvalue weighted by Crippen LogP contribution is -2.33. The third kappa shape index (κ3) is 5.16. The number of hydrogen-bond acceptors (Lipinski definition) is 5. The van der Waals surface area contributed by atoms with E-state index >= 15 is 0 Å². The van der Waals surface area contributed by atoms with Crippen LogP contribution in [0.5, 0.6) is 0 Å². The number of rotatable bonds is 7. The molecule has 1 saturated heterocycles. The molecule has 1 aliphatic rings. The SMILES string of the molecule is CCN(CCc1ccncc1)C(=O)c1cc(-c2ccc(C)c(C)c2)n([C@H]2CCS(=O)(=O)C2)n1. The molecule has 3 aromatic rings. The maximum Gasteiger partial charge on any atom is 0.274 e. The van der Waals surface area contributed by atoms with Crippen LogP contribution in [0.3, 0.4) is 0 Å². The van der Waals surface area contributed by atoms with Crippen LogP contribution in [-0.4, -0.2) is 58.6 Å². The number of aromatic nitrogens is 3. The van der Waals surface area contributed by atoms with E-state index in [0.717, 1.165) is 28.8 Å². The average Bonchev–Trinajstić information content (AvgIpc) is 3.40. The highest BCUT2D eigenvalue weighted by Crippen LogP contribution is 2.31. The number of hydrogen-bond donors (Lipinski definition) is 0. The van der Waals surface area contributed by atoms with E-state index in [-0.39, 0.29) is 23.5 Å². The smallest absolute Gasteiger partial charge is 0.274 e. The molecule has 1 atom stereocenters. The van der Waals surface area contributed by atoms with Crippen LogP contribution in [-0.2, 0) is 16.3 Å². The zero-order chi connectivity index (χ0) is 23.6. The molecule has 1 fully saturated rings. The first-order chi connectivity index (χ1) is 15.8. The summed E-state index contributed by atoms with van der Waals surface area (Å²) in [5.74, 6) is 0.0658. The van der Waals surface area contributed by atoms with Gasteiger partial charge in [-0.1, -0.05) is 12.1 Å². The number of carbonyl (C=O) groups is 1. The zero-order valence-corrected chi connectivity index (χ0v) is 20.2. The number of nitrogens with zero attached hydrogens (tertiary/aromatic N) is 4. The predicted octanol–water partition coefficient (Wildman–Crippen LogP) is 3.63. The fourth-order valence-corrected chi connectivity index (χ4v) is 5.93. The molecule has 8 heteroatoms. The molecule has 0 unspecified atom stereocenters. The van der Waals surface area contributed by atoms with Crippen molar-refractivity contribution in [3.05, 3.63) is 71.2 Å². The topological polar surface area (TPSA) is 85.2 Å². The Bertz CT molecular complexity index is 1250. The van der Waals surface area contributed by atoms with E-state index in [9.17, 15) is 13.2 Å². The molecule has 7 nitrogen and oxygen atoms in total. The second-order valence-electron chi connectivity index (χ2n) is 8.71. The molecule has 174 valence electrons. The summed E-state index contributed by atoms with van der Waals surface area (Å²) in [5, 5.41) is 4.66. The molecule has 4 rings (SSSR count). The van der Waals surface area contributed by atoms with Gasteiger partial charge in [-0.05, 0) is 74.6 Å². The van der Waals surface area contributed by atoms with Crippen molar-refractivity contribution in [3.63, 3.8) is 0 Å². The maximum absolute atomic E-state index is 13.4. The Hall–Kier alpha value is -3.00. The molecule has 0 radical (unpaired) electrons. The minimum atomic E-state index is -3.09. The lowest BCUT2D eigenvalue weighted by Gasteiger charge is -2.19. The molecule has 3 heterocycles. The van der Waals surface area contributed by atoms with Crippen LogP contribution >= 0.6 is 0 Å². The molecule has 0 bridgehead atoms. The van der Waals surface area contributed by atoms with Gasteiger partial charge < -0.3 is 4.90 Å². The van der Waals surface area contributed by atoms with Crippen molar-refractivity contribution in [2.24, 2.45) is 0 Å². The summed E-state index contributed by atoms with van der Waals surface area (Å²) in [5.41, 5.74) is 5.51. The maximum atomic E-state index is 13.4. The van der Waals surface area contributed by atoms with Crippen LogP contribution in [0.2, 0.25) is 0 Å². The summed E-state index contributed by atoms with van der Waals surface area (Å²) in [7, 11) is -3.09. The third-order valence-electron chi connectivity index (χ3n) is 6.40. The highest BCUT2D eigenvalue weighted by molar-refractivity contribution is 7.91. The van der Waals surface area contributed by atoms with Crippen LogP contribution in [0, 0.1) is 13.8 Å². The Morgan fingerprint density at radius 2 is 1.88 bits per heavy atom. The van der Waals surface area contributed by atoms with Gasteiger partial charge >= 0.3 is 0 Å². The van der Waals surface area contributed by atoms with Gasteiger partial charge in [0.15, 0.2) is 15.5 Å². The van der Waals surface area contributed by atoms with Gasteiger partial charge in [0.25, 0.3) is 5.91 Å². The normalized spacial score (nSPS) is 17.2. The highest BCUT2D eigenvalue weighted by atomic mass is 32.2. The second-order valence-corrected chi connectivity index (χ2v) is 10.9. The number of carbonyl (C=O) groups excluding carboxylic acids is 1. The number of pyridine rings is 1. The Balaban J connectivity index is 1.66. The molecular formula is C25H30N4O3S. The van der Waals surface area contributed by atoms with Crippen molar-refractivity contribution in [1.29, 1.82) is 0 Å². The monoisotopic (exact) mass is 466 g/mol. The van der Waals surface area contributed by atoms with Gasteiger partial charge in [-0.2, -0.15) is 5.10 Å². The molecular weight excluding hydrogens is 436 g/mol. The minimum absolute atomic E-state index is 0.0552. The van der Waals surface area contributed by atoms with Gasteiger partial charge in [0, 0.05) is 31.0 Å². The van der Waals surface area contributed by atoms with Crippen LogP contribution in [0.15, 0.2) is 48.8 Å². The Morgan fingerprint density at radius 1 is 1.12 bits per heavy atom. The third-order valence-corrected chi connectivity index (χ3v) is 8.15. The van der Waals surface area contributed by atoms with E-state index in [4.69, 9.17) is 0 Å². The molecule has 33 heavy (non-hydrogen) atoms.